The zero-order valence-corrected chi connectivity index (χ0v) is 16.7. The summed E-state index contributed by atoms with van der Waals surface area (Å²) in [6, 6.07) is 0. The van der Waals surface area contributed by atoms with Gasteiger partial charge in [-0.05, 0) is 45.4 Å². The monoisotopic (exact) mass is 364 g/mol. The van der Waals surface area contributed by atoms with Crippen molar-refractivity contribution >= 4 is 17.3 Å². The molecule has 2 aliphatic rings. The molecule has 0 aromatic carbocycles. The van der Waals surface area contributed by atoms with E-state index >= 15 is 0 Å². The Morgan fingerprint density at radius 1 is 1.24 bits per heavy atom. The highest BCUT2D eigenvalue weighted by molar-refractivity contribution is 7.11. The molecule has 1 N–H and O–H groups in total. The molecule has 1 aromatic rings. The first-order valence-corrected chi connectivity index (χ1v) is 10.5. The van der Waals surface area contributed by atoms with Crippen LogP contribution in [-0.2, 0) is 11.3 Å². The number of hydrogen-bond acceptors (Lipinski definition) is 4. The van der Waals surface area contributed by atoms with Crippen LogP contribution in [0.3, 0.4) is 0 Å². The molecule has 1 aliphatic carbocycles. The Hall–Kier alpha value is -1.14. The molecule has 0 spiro atoms. The van der Waals surface area contributed by atoms with Crippen LogP contribution in [0.4, 0.5) is 0 Å². The molecule has 2 heterocycles. The first-order chi connectivity index (χ1) is 12.2. The molecule has 1 aromatic heterocycles. The van der Waals surface area contributed by atoms with Gasteiger partial charge in [0.2, 0.25) is 0 Å². The lowest BCUT2D eigenvalue weighted by Crippen LogP contribution is -2.46. The van der Waals surface area contributed by atoms with Crippen molar-refractivity contribution in [3.05, 3.63) is 15.6 Å². The highest BCUT2D eigenvalue weighted by atomic mass is 32.1. The van der Waals surface area contributed by atoms with E-state index < -0.39 is 0 Å². The Labute approximate surface area is 155 Å². The average Bonchev–Trinajstić information content (AvgIpc) is 3.25. The lowest BCUT2D eigenvalue weighted by molar-refractivity contribution is 0.00101. The molecule has 5 nitrogen and oxygen atoms in total. The minimum absolute atomic E-state index is 0.430. The average molecular weight is 365 g/mol. The summed E-state index contributed by atoms with van der Waals surface area (Å²) in [7, 11) is 1.86. The summed E-state index contributed by atoms with van der Waals surface area (Å²) in [4.78, 5) is 12.7. The first kappa shape index (κ1) is 18.6. The topological polar surface area (TPSA) is 49.8 Å². The highest BCUT2D eigenvalue weighted by Gasteiger charge is 2.24. The van der Waals surface area contributed by atoms with Gasteiger partial charge in [0.05, 0.1) is 18.3 Å². The van der Waals surface area contributed by atoms with Gasteiger partial charge in [-0.1, -0.05) is 12.8 Å². The molecular formula is C19H32N4OS. The van der Waals surface area contributed by atoms with Crippen LogP contribution in [0.2, 0.25) is 0 Å². The van der Waals surface area contributed by atoms with Crippen LogP contribution in [0.1, 0.15) is 54.1 Å². The number of rotatable bonds is 5. The van der Waals surface area contributed by atoms with Crippen molar-refractivity contribution in [3.63, 3.8) is 0 Å². The maximum atomic E-state index is 6.18. The third kappa shape index (κ3) is 5.17. The molecule has 0 atom stereocenters. The molecule has 1 aliphatic heterocycles. The molecule has 3 rings (SSSR count). The zero-order valence-electron chi connectivity index (χ0n) is 15.9. The van der Waals surface area contributed by atoms with E-state index in [1.54, 1.807) is 11.3 Å². The second kappa shape index (κ2) is 8.99. The van der Waals surface area contributed by atoms with Crippen LogP contribution in [0, 0.1) is 19.8 Å². The number of aromatic nitrogens is 1. The van der Waals surface area contributed by atoms with Gasteiger partial charge in [0.15, 0.2) is 5.96 Å². The Bertz CT molecular complexity index is 552. The summed E-state index contributed by atoms with van der Waals surface area (Å²) in [5, 5.41) is 4.60. The summed E-state index contributed by atoms with van der Waals surface area (Å²) in [6.07, 6.45) is 8.15. The van der Waals surface area contributed by atoms with Gasteiger partial charge in [0, 0.05) is 31.6 Å². The number of hydrogen-bond donors (Lipinski definition) is 1. The van der Waals surface area contributed by atoms with Crippen molar-refractivity contribution in [1.29, 1.82) is 0 Å². The van der Waals surface area contributed by atoms with Gasteiger partial charge in [-0.15, -0.1) is 11.3 Å². The zero-order chi connectivity index (χ0) is 17.6. The summed E-state index contributed by atoms with van der Waals surface area (Å²) >= 11 is 1.77. The quantitative estimate of drug-likeness (QED) is 0.642. The van der Waals surface area contributed by atoms with E-state index in [1.807, 2.05) is 7.05 Å². The molecule has 140 valence electrons. The molecule has 25 heavy (non-hydrogen) atoms. The van der Waals surface area contributed by atoms with Crippen molar-refractivity contribution in [1.82, 2.24) is 15.2 Å². The van der Waals surface area contributed by atoms with Gasteiger partial charge >= 0.3 is 0 Å². The maximum absolute atomic E-state index is 6.18. The molecule has 0 unspecified atom stereocenters. The highest BCUT2D eigenvalue weighted by Crippen LogP contribution is 2.26. The van der Waals surface area contributed by atoms with E-state index in [0.29, 0.717) is 6.10 Å². The van der Waals surface area contributed by atoms with Crippen molar-refractivity contribution in [3.8, 4) is 0 Å². The van der Waals surface area contributed by atoms with E-state index in [4.69, 9.17) is 4.74 Å². The van der Waals surface area contributed by atoms with E-state index in [2.05, 4.69) is 34.0 Å². The minimum Gasteiger partial charge on any atom is -0.378 e. The van der Waals surface area contributed by atoms with Crippen molar-refractivity contribution < 1.29 is 4.74 Å². The Morgan fingerprint density at radius 3 is 2.56 bits per heavy atom. The predicted octanol–water partition coefficient (Wildman–Crippen LogP) is 3.51. The second-order valence-electron chi connectivity index (χ2n) is 7.32. The summed E-state index contributed by atoms with van der Waals surface area (Å²) < 4.78 is 6.18. The standard InChI is InChI=1S/C19H32N4OS/c1-14-15(2)25-18(22-14)12-21-19(20-3)23-10-8-17(9-11-23)24-13-16-6-4-5-7-16/h16-17H,4-13H2,1-3H3,(H,20,21). The Morgan fingerprint density at radius 2 is 1.96 bits per heavy atom. The number of thiazole rings is 1. The number of ether oxygens (including phenoxy) is 1. The van der Waals surface area contributed by atoms with E-state index in [-0.39, 0.29) is 0 Å². The van der Waals surface area contributed by atoms with Crippen LogP contribution in [-0.4, -0.2) is 48.7 Å². The lowest BCUT2D eigenvalue weighted by atomic mass is 10.1. The fraction of sp³-hybridized carbons (Fsp3) is 0.789. The SMILES string of the molecule is CN=C(NCc1nc(C)c(C)s1)N1CCC(OCC2CCCC2)CC1. The number of guanidine groups is 1. The number of nitrogens with zero attached hydrogens (tertiary/aromatic N) is 3. The molecule has 2 fully saturated rings. The molecule has 1 saturated heterocycles. The third-order valence-corrected chi connectivity index (χ3v) is 6.54. The van der Waals surface area contributed by atoms with E-state index in [9.17, 15) is 0 Å². The number of aryl methyl sites for hydroxylation is 2. The Balaban J connectivity index is 1.40. The van der Waals surface area contributed by atoms with Crippen LogP contribution in [0.25, 0.3) is 0 Å². The van der Waals surface area contributed by atoms with Crippen molar-refractivity contribution in [2.45, 2.75) is 65.0 Å². The number of aliphatic imine (C=N–C) groups is 1. The van der Waals surface area contributed by atoms with Gasteiger partial charge in [-0.3, -0.25) is 4.99 Å². The summed E-state index contributed by atoms with van der Waals surface area (Å²) in [5.74, 6) is 1.80. The molecule has 0 radical (unpaired) electrons. The first-order valence-electron chi connectivity index (χ1n) is 9.66. The fourth-order valence-corrected chi connectivity index (χ4v) is 4.66. The number of nitrogens with one attached hydrogen (secondary N) is 1. The van der Waals surface area contributed by atoms with Crippen LogP contribution in [0.5, 0.6) is 0 Å². The van der Waals surface area contributed by atoms with Gasteiger partial charge < -0.3 is 15.0 Å². The fourth-order valence-electron chi connectivity index (χ4n) is 3.79. The van der Waals surface area contributed by atoms with Crippen molar-refractivity contribution in [2.24, 2.45) is 10.9 Å². The number of likely N-dealkylation sites (tertiary alicyclic amines) is 1. The van der Waals surface area contributed by atoms with E-state index in [0.717, 1.165) is 61.7 Å². The molecule has 0 bridgehead atoms. The largest absolute Gasteiger partial charge is 0.378 e. The molecule has 6 heteroatoms. The van der Waals surface area contributed by atoms with Crippen LogP contribution >= 0.6 is 11.3 Å². The second-order valence-corrected chi connectivity index (χ2v) is 8.61. The number of piperidine rings is 1. The third-order valence-electron chi connectivity index (χ3n) is 5.47. The predicted molar refractivity (Wildman–Crippen MR) is 104 cm³/mol. The van der Waals surface area contributed by atoms with Gasteiger partial charge in [0.25, 0.3) is 0 Å². The maximum Gasteiger partial charge on any atom is 0.193 e. The smallest absolute Gasteiger partial charge is 0.193 e. The molecule has 1 saturated carbocycles. The molecular weight excluding hydrogens is 332 g/mol. The Kier molecular flexibility index (Phi) is 6.70. The lowest BCUT2D eigenvalue weighted by Gasteiger charge is -2.34. The van der Waals surface area contributed by atoms with Gasteiger partial charge in [0.1, 0.15) is 5.01 Å². The van der Waals surface area contributed by atoms with Crippen molar-refractivity contribution in [2.75, 3.05) is 26.7 Å². The van der Waals surface area contributed by atoms with Crippen LogP contribution in [0.15, 0.2) is 4.99 Å². The summed E-state index contributed by atoms with van der Waals surface area (Å²) in [6.45, 7) is 7.96. The van der Waals surface area contributed by atoms with Gasteiger partial charge in [-0.2, -0.15) is 0 Å². The van der Waals surface area contributed by atoms with Crippen LogP contribution < -0.4 is 5.32 Å². The van der Waals surface area contributed by atoms with E-state index in [1.165, 1.54) is 30.6 Å². The van der Waals surface area contributed by atoms with Gasteiger partial charge in [-0.25, -0.2) is 4.98 Å². The minimum atomic E-state index is 0.430. The normalized spacial score (nSPS) is 20.4. The molecule has 0 amide bonds. The summed E-state index contributed by atoms with van der Waals surface area (Å²) in [5.41, 5.74) is 1.14.